The molecule has 0 aromatic carbocycles. The van der Waals surface area contributed by atoms with E-state index in [0.29, 0.717) is 40.5 Å². The molecule has 0 amide bonds. The standard InChI is InChI=1S/C37H53NO5S2/c1-22-31-27-11-9-10-26-28(39)18-25-24(12-17-36(25)13-7-8-14-36)20-44-45-21-30(38(26)27)37(15-5-4-6-16-37)19-29(31)42-33(22)34-32(41-3)23(2)35(40)43-34/h19,22,24-28,30-31,39H,4-18,20-21H2,1-3H3. The van der Waals surface area contributed by atoms with E-state index >= 15 is 0 Å². The molecule has 6 nitrogen and oxygen atoms in total. The average molecular weight is 656 g/mol. The predicted octanol–water partition coefficient (Wildman–Crippen LogP) is 8.13. The van der Waals surface area contributed by atoms with Crippen LogP contribution in [0.15, 0.2) is 34.7 Å². The summed E-state index contributed by atoms with van der Waals surface area (Å²) in [5.41, 5.74) is 1.02. The minimum absolute atomic E-state index is 0.0298. The van der Waals surface area contributed by atoms with Gasteiger partial charge >= 0.3 is 5.97 Å². The maximum atomic E-state index is 12.7. The molecule has 3 aliphatic carbocycles. The van der Waals surface area contributed by atoms with Gasteiger partial charge in [-0.2, -0.15) is 0 Å². The Morgan fingerprint density at radius 2 is 1.67 bits per heavy atom. The number of hydrogen-bond acceptors (Lipinski definition) is 8. The van der Waals surface area contributed by atoms with Crippen molar-refractivity contribution in [1.29, 1.82) is 0 Å². The van der Waals surface area contributed by atoms with Gasteiger partial charge in [-0.05, 0) is 88.0 Å². The van der Waals surface area contributed by atoms with Crippen molar-refractivity contribution < 1.29 is 24.1 Å². The van der Waals surface area contributed by atoms with Crippen molar-refractivity contribution in [3.63, 3.8) is 0 Å². The van der Waals surface area contributed by atoms with Gasteiger partial charge in [0.25, 0.3) is 0 Å². The first-order chi connectivity index (χ1) is 21.9. The molecule has 2 spiro atoms. The summed E-state index contributed by atoms with van der Waals surface area (Å²) >= 11 is 0. The van der Waals surface area contributed by atoms with Gasteiger partial charge in [0.1, 0.15) is 5.76 Å². The van der Waals surface area contributed by atoms with Crippen molar-refractivity contribution in [1.82, 2.24) is 4.90 Å². The van der Waals surface area contributed by atoms with Crippen LogP contribution >= 0.6 is 21.6 Å². The minimum Gasteiger partial charge on any atom is -0.492 e. The second-order valence-electron chi connectivity index (χ2n) is 15.9. The molecular formula is C37H53NO5S2. The smallest absolute Gasteiger partial charge is 0.343 e. The number of carbonyl (C=O) groups is 1. The average Bonchev–Trinajstić information content (AvgIpc) is 3.78. The Hall–Kier alpha value is -1.09. The lowest BCUT2D eigenvalue weighted by Crippen LogP contribution is -2.62. The molecule has 1 N–H and O–H groups in total. The number of allylic oxidation sites excluding steroid dienone is 1. The first-order valence-electron chi connectivity index (χ1n) is 18.2. The number of cyclic esters (lactones) is 1. The fourth-order valence-electron chi connectivity index (χ4n) is 11.8. The van der Waals surface area contributed by atoms with Crippen LogP contribution in [0.4, 0.5) is 0 Å². The summed E-state index contributed by atoms with van der Waals surface area (Å²) in [5, 5.41) is 12.5. The number of piperidine rings is 1. The number of esters is 1. The first kappa shape index (κ1) is 31.2. The Morgan fingerprint density at radius 3 is 2.44 bits per heavy atom. The Balaban J connectivity index is 1.22. The molecule has 0 aromatic heterocycles. The Labute approximate surface area is 277 Å². The number of aliphatic hydroxyl groups excluding tert-OH is 1. The van der Waals surface area contributed by atoms with E-state index in [1.807, 2.05) is 0 Å². The molecule has 8 atom stereocenters. The summed E-state index contributed by atoms with van der Waals surface area (Å²) in [6.45, 7) is 4.04. The van der Waals surface area contributed by atoms with Crippen LogP contribution in [-0.2, 0) is 19.0 Å². The molecule has 5 aliphatic heterocycles. The lowest BCUT2D eigenvalue weighted by molar-refractivity contribution is -0.133. The van der Waals surface area contributed by atoms with Crippen molar-refractivity contribution >= 4 is 27.6 Å². The van der Waals surface area contributed by atoms with Gasteiger partial charge in [0.2, 0.25) is 5.76 Å². The fraction of sp³-hybridized carbons (Fsp3) is 0.811. The Kier molecular flexibility index (Phi) is 8.39. The van der Waals surface area contributed by atoms with Crippen LogP contribution < -0.4 is 0 Å². The monoisotopic (exact) mass is 655 g/mol. The van der Waals surface area contributed by atoms with Gasteiger partial charge in [-0.3, -0.25) is 4.90 Å². The van der Waals surface area contributed by atoms with E-state index in [4.69, 9.17) is 14.2 Å². The summed E-state index contributed by atoms with van der Waals surface area (Å²) in [5.74, 6) is 6.46. The molecular weight excluding hydrogens is 603 g/mol. The van der Waals surface area contributed by atoms with Crippen LogP contribution in [0.25, 0.3) is 0 Å². The van der Waals surface area contributed by atoms with Crippen molar-refractivity contribution in [3.05, 3.63) is 34.7 Å². The van der Waals surface area contributed by atoms with E-state index in [2.05, 4.69) is 39.5 Å². The summed E-state index contributed by atoms with van der Waals surface area (Å²) in [4.78, 5) is 15.6. The largest absolute Gasteiger partial charge is 0.492 e. The lowest BCUT2D eigenvalue weighted by Gasteiger charge is -2.54. The third-order valence-corrected chi connectivity index (χ3v) is 16.4. The molecule has 0 bridgehead atoms. The van der Waals surface area contributed by atoms with Crippen LogP contribution in [-0.4, -0.2) is 58.8 Å². The van der Waals surface area contributed by atoms with Crippen LogP contribution in [0.3, 0.4) is 0 Å². The van der Waals surface area contributed by atoms with Gasteiger partial charge in [-0.1, -0.05) is 67.0 Å². The number of methoxy groups -OCH3 is 1. The van der Waals surface area contributed by atoms with Crippen LogP contribution in [0.1, 0.15) is 110 Å². The number of carbonyl (C=O) groups excluding carboxylic acids is 1. The highest BCUT2D eigenvalue weighted by Gasteiger charge is 2.58. The molecule has 3 saturated heterocycles. The van der Waals surface area contributed by atoms with E-state index in [0.717, 1.165) is 48.9 Å². The number of nitrogens with zero attached hydrogens (tertiary/aromatic N) is 1. The zero-order valence-corrected chi connectivity index (χ0v) is 29.2. The van der Waals surface area contributed by atoms with Crippen molar-refractivity contribution in [2.75, 3.05) is 18.6 Å². The molecule has 5 heterocycles. The fourth-order valence-corrected chi connectivity index (χ4v) is 14.7. The first-order valence-corrected chi connectivity index (χ1v) is 20.7. The zero-order chi connectivity index (χ0) is 30.9. The summed E-state index contributed by atoms with van der Waals surface area (Å²) in [6, 6.07) is 0.876. The van der Waals surface area contributed by atoms with Crippen LogP contribution in [0, 0.1) is 34.5 Å². The molecule has 248 valence electrons. The normalized spacial score (nSPS) is 42.8. The number of rotatable bonds is 1. The summed E-state index contributed by atoms with van der Waals surface area (Å²) < 4.78 is 18.5. The van der Waals surface area contributed by atoms with Gasteiger partial charge in [-0.25, -0.2) is 4.79 Å². The second kappa shape index (κ2) is 12.1. The highest BCUT2D eigenvalue weighted by molar-refractivity contribution is 8.76. The SMILES string of the molecule is COC1=C(C)C(=O)OC1=C1OC2=CC3(CCCCC3)C3CSSCC4CCC5(CCCC5)C4CC(O)C4CCCC(C2C1C)N43. The van der Waals surface area contributed by atoms with Gasteiger partial charge in [0.05, 0.1) is 18.8 Å². The maximum absolute atomic E-state index is 12.7. The van der Waals surface area contributed by atoms with Crippen LogP contribution in [0.2, 0.25) is 0 Å². The summed E-state index contributed by atoms with van der Waals surface area (Å²) in [6.07, 6.45) is 21.0. The van der Waals surface area contributed by atoms with Gasteiger partial charge in [-0.15, -0.1) is 0 Å². The van der Waals surface area contributed by atoms with E-state index in [1.165, 1.54) is 76.4 Å². The quantitative estimate of drug-likeness (QED) is 0.224. The Morgan fingerprint density at radius 1 is 0.933 bits per heavy atom. The third-order valence-electron chi connectivity index (χ3n) is 13.9. The number of hydrogen-bond donors (Lipinski definition) is 1. The van der Waals surface area contributed by atoms with Gasteiger partial charge < -0.3 is 19.3 Å². The summed E-state index contributed by atoms with van der Waals surface area (Å²) in [7, 11) is 5.89. The molecule has 8 heteroatoms. The number of fused-ring (bicyclic) bond motifs is 5. The highest BCUT2D eigenvalue weighted by atomic mass is 33.1. The second-order valence-corrected chi connectivity index (χ2v) is 18.4. The number of aliphatic hydroxyl groups is 1. The number of ether oxygens (including phenoxy) is 3. The molecule has 8 aliphatic rings. The van der Waals surface area contributed by atoms with E-state index in [-0.39, 0.29) is 35.4 Å². The van der Waals surface area contributed by atoms with E-state index in [9.17, 15) is 9.90 Å². The Bertz CT molecular complexity index is 1280. The maximum Gasteiger partial charge on any atom is 0.343 e. The molecule has 8 rings (SSSR count). The third kappa shape index (κ3) is 4.99. The van der Waals surface area contributed by atoms with Gasteiger partial charge in [0.15, 0.2) is 11.5 Å². The van der Waals surface area contributed by atoms with Gasteiger partial charge in [0, 0.05) is 46.9 Å². The zero-order valence-electron chi connectivity index (χ0n) is 27.6. The van der Waals surface area contributed by atoms with Crippen molar-refractivity contribution in [2.24, 2.45) is 34.5 Å². The lowest BCUT2D eigenvalue weighted by atomic mass is 9.67. The van der Waals surface area contributed by atoms with Crippen molar-refractivity contribution in [3.8, 4) is 0 Å². The molecule has 45 heavy (non-hydrogen) atoms. The molecule has 3 saturated carbocycles. The van der Waals surface area contributed by atoms with Crippen molar-refractivity contribution in [2.45, 2.75) is 134 Å². The molecule has 6 fully saturated rings. The molecule has 0 radical (unpaired) electrons. The van der Waals surface area contributed by atoms with E-state index in [1.54, 1.807) is 14.0 Å². The van der Waals surface area contributed by atoms with E-state index < -0.39 is 0 Å². The highest BCUT2D eigenvalue weighted by Crippen LogP contribution is 2.61. The molecule has 8 unspecified atom stereocenters. The van der Waals surface area contributed by atoms with Crippen LogP contribution in [0.5, 0.6) is 0 Å². The molecule has 0 aromatic rings. The predicted molar refractivity (Wildman–Crippen MR) is 180 cm³/mol. The minimum atomic E-state index is -0.345. The topological polar surface area (TPSA) is 68.2 Å².